The number of fused-ring (bicyclic) bond motifs is 6. The van der Waals surface area contributed by atoms with Gasteiger partial charge in [-0.2, -0.15) is 0 Å². The van der Waals surface area contributed by atoms with Crippen LogP contribution in [0.15, 0.2) is 51.7 Å². The predicted molar refractivity (Wildman–Crippen MR) is 119 cm³/mol. The van der Waals surface area contributed by atoms with Crippen molar-refractivity contribution in [1.82, 2.24) is 0 Å². The van der Waals surface area contributed by atoms with E-state index >= 15 is 0 Å². The standard InChI is InChI=1S/C26H24O5/c1-3-4-8-17-14-21(28)31-26-22(17)24-18(25-23(26)19(27)13-15(2)29-25)11-12-20(30-24)16-9-6-5-7-10-16/h5-7,9-12,14-15,20H,3-4,8,13H2,1-2H3. The van der Waals surface area contributed by atoms with Gasteiger partial charge >= 0.3 is 5.63 Å². The molecule has 0 aliphatic carbocycles. The maximum Gasteiger partial charge on any atom is 0.336 e. The van der Waals surface area contributed by atoms with Crippen molar-refractivity contribution in [2.75, 3.05) is 0 Å². The molecular formula is C26H24O5. The second kappa shape index (κ2) is 7.73. The first-order chi connectivity index (χ1) is 15.1. The Balaban J connectivity index is 1.80. The number of benzene rings is 2. The summed E-state index contributed by atoms with van der Waals surface area (Å²) in [6.07, 6.45) is 6.27. The lowest BCUT2D eigenvalue weighted by atomic mass is 9.90. The van der Waals surface area contributed by atoms with Gasteiger partial charge in [-0.15, -0.1) is 0 Å². The number of unbranched alkanes of at least 4 members (excludes halogenated alkanes) is 1. The van der Waals surface area contributed by atoms with E-state index in [9.17, 15) is 9.59 Å². The van der Waals surface area contributed by atoms with Gasteiger partial charge < -0.3 is 13.9 Å². The van der Waals surface area contributed by atoms with E-state index in [0.717, 1.165) is 29.5 Å². The molecule has 31 heavy (non-hydrogen) atoms. The maximum atomic E-state index is 13.0. The first-order valence-corrected chi connectivity index (χ1v) is 10.8. The van der Waals surface area contributed by atoms with Crippen LogP contribution in [0.5, 0.6) is 11.5 Å². The lowest BCUT2D eigenvalue weighted by molar-refractivity contribution is 0.0870. The molecule has 2 aromatic carbocycles. The molecule has 0 amide bonds. The average Bonchev–Trinajstić information content (AvgIpc) is 2.77. The van der Waals surface area contributed by atoms with E-state index < -0.39 is 5.63 Å². The summed E-state index contributed by atoms with van der Waals surface area (Å²) in [7, 11) is 0. The van der Waals surface area contributed by atoms with Crippen molar-refractivity contribution in [3.8, 4) is 11.5 Å². The monoisotopic (exact) mass is 416 g/mol. The summed E-state index contributed by atoms with van der Waals surface area (Å²) in [5.41, 5.74) is 2.79. The number of rotatable bonds is 4. The van der Waals surface area contributed by atoms with Crippen LogP contribution in [0.25, 0.3) is 17.0 Å². The first-order valence-electron chi connectivity index (χ1n) is 10.8. The molecule has 0 N–H and O–H groups in total. The highest BCUT2D eigenvalue weighted by Crippen LogP contribution is 2.49. The first kappa shape index (κ1) is 19.6. The molecule has 2 unspecified atom stereocenters. The van der Waals surface area contributed by atoms with Gasteiger partial charge in [-0.05, 0) is 43.0 Å². The van der Waals surface area contributed by atoms with Gasteiger partial charge in [0.2, 0.25) is 0 Å². The van der Waals surface area contributed by atoms with E-state index in [-0.39, 0.29) is 30.0 Å². The molecular weight excluding hydrogens is 392 g/mol. The molecule has 2 aliphatic heterocycles. The minimum Gasteiger partial charge on any atom is -0.489 e. The Bertz CT molecular complexity index is 1250. The van der Waals surface area contributed by atoms with Crippen molar-refractivity contribution >= 4 is 22.8 Å². The Kier molecular flexibility index (Phi) is 4.89. The van der Waals surface area contributed by atoms with E-state index in [1.807, 2.05) is 49.4 Å². The van der Waals surface area contributed by atoms with Crippen LogP contribution < -0.4 is 15.1 Å². The highest BCUT2D eigenvalue weighted by Gasteiger charge is 2.35. The number of Topliss-reactive ketones (excluding diaryl/α,β-unsaturated/α-hetero) is 1. The van der Waals surface area contributed by atoms with Crippen LogP contribution in [0, 0.1) is 0 Å². The number of hydrogen-bond acceptors (Lipinski definition) is 5. The lowest BCUT2D eigenvalue weighted by Gasteiger charge is -2.30. The van der Waals surface area contributed by atoms with Gasteiger partial charge in [-0.1, -0.05) is 43.7 Å². The van der Waals surface area contributed by atoms with E-state index in [1.54, 1.807) is 0 Å². The minimum atomic E-state index is -0.460. The highest BCUT2D eigenvalue weighted by atomic mass is 16.5. The van der Waals surface area contributed by atoms with Gasteiger partial charge in [0.15, 0.2) is 11.4 Å². The summed E-state index contributed by atoms with van der Waals surface area (Å²) in [6.45, 7) is 3.97. The van der Waals surface area contributed by atoms with Gasteiger partial charge in [-0.25, -0.2) is 4.79 Å². The predicted octanol–water partition coefficient (Wildman–Crippen LogP) is 5.64. The van der Waals surface area contributed by atoms with Crippen LogP contribution in [-0.2, 0) is 6.42 Å². The van der Waals surface area contributed by atoms with Crippen LogP contribution in [-0.4, -0.2) is 11.9 Å². The fourth-order valence-corrected chi connectivity index (χ4v) is 4.43. The molecule has 0 spiro atoms. The number of carbonyl (C=O) groups excluding carboxylic acids is 1. The van der Waals surface area contributed by atoms with Crippen molar-refractivity contribution < 1.29 is 18.7 Å². The van der Waals surface area contributed by atoms with Crippen molar-refractivity contribution in [2.24, 2.45) is 0 Å². The van der Waals surface area contributed by atoms with Gasteiger partial charge in [-0.3, -0.25) is 4.79 Å². The molecule has 1 aromatic heterocycles. The Labute approximate surface area is 180 Å². The van der Waals surface area contributed by atoms with Crippen molar-refractivity contribution in [2.45, 2.75) is 51.7 Å². The third-order valence-corrected chi connectivity index (χ3v) is 5.89. The average molecular weight is 416 g/mol. The number of ether oxygens (including phenoxy) is 2. The van der Waals surface area contributed by atoms with Crippen molar-refractivity contribution in [3.05, 3.63) is 75.1 Å². The largest absolute Gasteiger partial charge is 0.489 e. The highest BCUT2D eigenvalue weighted by molar-refractivity contribution is 6.13. The summed E-state index contributed by atoms with van der Waals surface area (Å²) in [5.74, 6) is 0.989. The third kappa shape index (κ3) is 3.34. The number of ketones is 1. The van der Waals surface area contributed by atoms with Crippen molar-refractivity contribution in [3.63, 3.8) is 0 Å². The molecule has 0 saturated heterocycles. The summed E-state index contributed by atoms with van der Waals surface area (Å²) < 4.78 is 18.2. The van der Waals surface area contributed by atoms with Crippen LogP contribution in [0.2, 0.25) is 0 Å². The van der Waals surface area contributed by atoms with E-state index in [2.05, 4.69) is 6.92 Å². The summed E-state index contributed by atoms with van der Waals surface area (Å²) in [6, 6.07) is 11.5. The number of aryl methyl sites for hydroxylation is 1. The fourth-order valence-electron chi connectivity index (χ4n) is 4.43. The van der Waals surface area contributed by atoms with Crippen LogP contribution >= 0.6 is 0 Å². The SMILES string of the molecule is CCCCc1cc(=O)oc2c3c(c4c(c12)OC(c1ccccc1)C=C4)OC(C)CC3=O. The zero-order valence-corrected chi connectivity index (χ0v) is 17.6. The Morgan fingerprint density at radius 3 is 2.65 bits per heavy atom. The smallest absolute Gasteiger partial charge is 0.336 e. The quantitative estimate of drug-likeness (QED) is 0.515. The fraction of sp³-hybridized carbons (Fsp3) is 0.308. The maximum absolute atomic E-state index is 13.0. The van der Waals surface area contributed by atoms with Gasteiger partial charge in [0.25, 0.3) is 0 Å². The number of hydrogen-bond donors (Lipinski definition) is 0. The molecule has 0 bridgehead atoms. The van der Waals surface area contributed by atoms with Crippen LogP contribution in [0.1, 0.15) is 66.3 Å². The third-order valence-electron chi connectivity index (χ3n) is 5.89. The second-order valence-electron chi connectivity index (χ2n) is 8.21. The zero-order valence-electron chi connectivity index (χ0n) is 17.6. The molecule has 2 atom stereocenters. The molecule has 3 aromatic rings. The Hall–Kier alpha value is -3.34. The second-order valence-corrected chi connectivity index (χ2v) is 8.21. The van der Waals surface area contributed by atoms with Gasteiger partial charge in [0.05, 0.1) is 10.9 Å². The molecule has 0 fully saturated rings. The molecule has 5 nitrogen and oxygen atoms in total. The molecule has 5 rings (SSSR count). The summed E-state index contributed by atoms with van der Waals surface area (Å²) >= 11 is 0. The Morgan fingerprint density at radius 1 is 1.06 bits per heavy atom. The van der Waals surface area contributed by atoms with Crippen LogP contribution in [0.3, 0.4) is 0 Å². The minimum absolute atomic E-state index is 0.0732. The Morgan fingerprint density at radius 2 is 1.87 bits per heavy atom. The molecule has 158 valence electrons. The molecule has 0 radical (unpaired) electrons. The summed E-state index contributed by atoms with van der Waals surface area (Å²) in [5, 5.41) is 0.707. The van der Waals surface area contributed by atoms with E-state index in [0.29, 0.717) is 28.9 Å². The van der Waals surface area contributed by atoms with E-state index in [1.165, 1.54) is 6.07 Å². The van der Waals surface area contributed by atoms with Gasteiger partial charge in [0, 0.05) is 12.5 Å². The van der Waals surface area contributed by atoms with E-state index in [4.69, 9.17) is 13.9 Å². The molecule has 3 heterocycles. The summed E-state index contributed by atoms with van der Waals surface area (Å²) in [4.78, 5) is 25.4. The molecule has 2 aliphatic rings. The zero-order chi connectivity index (χ0) is 21.5. The lowest BCUT2D eigenvalue weighted by Crippen LogP contribution is -2.26. The molecule has 5 heteroatoms. The molecule has 0 saturated carbocycles. The van der Waals surface area contributed by atoms with Crippen LogP contribution in [0.4, 0.5) is 0 Å². The van der Waals surface area contributed by atoms with Crippen molar-refractivity contribution in [1.29, 1.82) is 0 Å². The normalized spacial score (nSPS) is 19.5. The van der Waals surface area contributed by atoms with Gasteiger partial charge in [0.1, 0.15) is 29.3 Å². The number of carbonyl (C=O) groups is 1. The topological polar surface area (TPSA) is 65.7 Å².